The molecule has 0 aliphatic heterocycles. The van der Waals surface area contributed by atoms with Crippen molar-refractivity contribution in [2.45, 2.75) is 11.3 Å². The van der Waals surface area contributed by atoms with E-state index in [1.807, 2.05) is 0 Å². The van der Waals surface area contributed by atoms with E-state index in [-0.39, 0.29) is 13.0 Å². The van der Waals surface area contributed by atoms with Crippen LogP contribution in [-0.4, -0.2) is 28.1 Å². The van der Waals surface area contributed by atoms with Crippen molar-refractivity contribution >= 4 is 16.2 Å². The lowest BCUT2D eigenvalue weighted by Gasteiger charge is -2.05. The molecule has 0 fully saturated rings. The number of hydrogen-bond donors (Lipinski definition) is 0. The van der Waals surface area contributed by atoms with Crippen molar-refractivity contribution in [2.75, 3.05) is 13.7 Å². The highest BCUT2D eigenvalue weighted by Crippen LogP contribution is 2.17. The summed E-state index contributed by atoms with van der Waals surface area (Å²) < 4.78 is 43.1. The average molecular weight is 262 g/mol. The Morgan fingerprint density at radius 1 is 1.29 bits per heavy atom. The van der Waals surface area contributed by atoms with Crippen LogP contribution in [0.25, 0.3) is 0 Å². The third-order valence-electron chi connectivity index (χ3n) is 1.91. The van der Waals surface area contributed by atoms with Crippen LogP contribution in [0.5, 0.6) is 5.75 Å². The first-order valence-corrected chi connectivity index (χ1v) is 6.06. The molecule has 0 heterocycles. The number of methoxy groups -OCH3 is 1. The Kier molecular flexibility index (Phi) is 4.45. The minimum atomic E-state index is -4.69. The molecule has 0 unspecified atom stereocenters. The van der Waals surface area contributed by atoms with Gasteiger partial charge in [0, 0.05) is 0 Å². The Labute approximate surface area is 98.4 Å². The molecule has 5 nitrogen and oxygen atoms in total. The molecule has 0 radical (unpaired) electrons. The van der Waals surface area contributed by atoms with Gasteiger partial charge >= 0.3 is 16.2 Å². The Morgan fingerprint density at radius 3 is 2.35 bits per heavy atom. The first-order valence-electron chi connectivity index (χ1n) is 4.68. The lowest BCUT2D eigenvalue weighted by atomic mass is 10.3. The topological polar surface area (TPSA) is 69.7 Å². The second-order valence-corrected chi connectivity index (χ2v) is 4.43. The van der Waals surface area contributed by atoms with Crippen molar-refractivity contribution in [3.8, 4) is 5.75 Å². The zero-order valence-electron chi connectivity index (χ0n) is 9.05. The van der Waals surface area contributed by atoms with Gasteiger partial charge in [-0.15, -0.1) is 3.89 Å². The maximum Gasteiger partial charge on any atom is 0.332 e. The lowest BCUT2D eigenvalue weighted by molar-refractivity contribution is -0.141. The predicted molar refractivity (Wildman–Crippen MR) is 56.9 cm³/mol. The standard InChI is InChI=1S/C10H11FO5S/c1-15-10(12)6-7-16-8-2-4-9(5-3-8)17(11,13)14/h2-5H,6-7H2,1H3. The van der Waals surface area contributed by atoms with E-state index < -0.39 is 21.1 Å². The van der Waals surface area contributed by atoms with E-state index in [2.05, 4.69) is 4.74 Å². The molecule has 0 saturated heterocycles. The number of carbonyl (C=O) groups is 1. The van der Waals surface area contributed by atoms with Gasteiger partial charge in [0.1, 0.15) is 5.75 Å². The van der Waals surface area contributed by atoms with Crippen molar-refractivity contribution in [1.82, 2.24) is 0 Å². The summed E-state index contributed by atoms with van der Waals surface area (Å²) >= 11 is 0. The molecule has 0 atom stereocenters. The average Bonchev–Trinajstić information content (AvgIpc) is 2.28. The summed E-state index contributed by atoms with van der Waals surface area (Å²) in [6.45, 7) is 0.106. The van der Waals surface area contributed by atoms with Gasteiger partial charge in [0.15, 0.2) is 0 Å². The van der Waals surface area contributed by atoms with Crippen molar-refractivity contribution in [3.63, 3.8) is 0 Å². The molecule has 0 aliphatic carbocycles. The summed E-state index contributed by atoms with van der Waals surface area (Å²) in [7, 11) is -3.42. The molecule has 7 heteroatoms. The molecule has 0 N–H and O–H groups in total. The highest BCUT2D eigenvalue weighted by molar-refractivity contribution is 7.86. The Morgan fingerprint density at radius 2 is 1.88 bits per heavy atom. The number of hydrogen-bond acceptors (Lipinski definition) is 5. The summed E-state index contributed by atoms with van der Waals surface area (Å²) in [4.78, 5) is 10.3. The van der Waals surface area contributed by atoms with E-state index >= 15 is 0 Å². The van der Waals surface area contributed by atoms with Crippen LogP contribution in [0.15, 0.2) is 29.2 Å². The van der Waals surface area contributed by atoms with Gasteiger partial charge in [-0.2, -0.15) is 8.42 Å². The van der Waals surface area contributed by atoms with Crippen molar-refractivity contribution in [1.29, 1.82) is 0 Å². The quantitative estimate of drug-likeness (QED) is 0.590. The van der Waals surface area contributed by atoms with Gasteiger partial charge in [-0.25, -0.2) is 0 Å². The van der Waals surface area contributed by atoms with Gasteiger partial charge in [0.25, 0.3) is 0 Å². The third-order valence-corrected chi connectivity index (χ3v) is 2.74. The number of esters is 1. The molecular weight excluding hydrogens is 251 g/mol. The smallest absolute Gasteiger partial charge is 0.332 e. The molecule has 1 aromatic rings. The maximum absolute atomic E-state index is 12.5. The molecule has 0 saturated carbocycles. The van der Waals surface area contributed by atoms with Crippen LogP contribution in [0, 0.1) is 0 Å². The fraction of sp³-hybridized carbons (Fsp3) is 0.300. The first-order chi connectivity index (χ1) is 7.93. The molecule has 0 amide bonds. The van der Waals surface area contributed by atoms with Crippen molar-refractivity contribution < 1.29 is 26.6 Å². The minimum Gasteiger partial charge on any atom is -0.493 e. The van der Waals surface area contributed by atoms with Gasteiger partial charge in [0.2, 0.25) is 0 Å². The third kappa shape index (κ3) is 4.39. The summed E-state index contributed by atoms with van der Waals surface area (Å²) in [5.41, 5.74) is 0. The van der Waals surface area contributed by atoms with E-state index in [0.29, 0.717) is 5.75 Å². The highest BCUT2D eigenvalue weighted by Gasteiger charge is 2.11. The predicted octanol–water partition coefficient (Wildman–Crippen LogP) is 1.29. The summed E-state index contributed by atoms with van der Waals surface area (Å²) in [6.07, 6.45) is 0.0830. The fourth-order valence-corrected chi connectivity index (χ4v) is 1.51. The zero-order chi connectivity index (χ0) is 12.9. The zero-order valence-corrected chi connectivity index (χ0v) is 9.87. The van der Waals surface area contributed by atoms with Crippen LogP contribution in [-0.2, 0) is 19.8 Å². The van der Waals surface area contributed by atoms with E-state index in [1.165, 1.54) is 19.2 Å². The van der Waals surface area contributed by atoms with Gasteiger partial charge in [0.05, 0.1) is 25.0 Å². The van der Waals surface area contributed by atoms with Crippen LogP contribution in [0.1, 0.15) is 6.42 Å². The number of benzene rings is 1. The molecule has 1 rings (SSSR count). The number of carbonyl (C=O) groups excluding carboxylic acids is 1. The fourth-order valence-electron chi connectivity index (χ4n) is 1.05. The minimum absolute atomic E-state index is 0.0830. The molecule has 1 aromatic carbocycles. The van der Waals surface area contributed by atoms with Gasteiger partial charge < -0.3 is 9.47 Å². The lowest BCUT2D eigenvalue weighted by Crippen LogP contribution is -2.07. The highest BCUT2D eigenvalue weighted by atomic mass is 32.3. The van der Waals surface area contributed by atoms with Gasteiger partial charge in [-0.05, 0) is 24.3 Å². The summed E-state index contributed by atoms with van der Waals surface area (Å²) in [5, 5.41) is 0. The first kappa shape index (κ1) is 13.4. The number of ether oxygens (including phenoxy) is 2. The number of halogens is 1. The van der Waals surface area contributed by atoms with E-state index in [4.69, 9.17) is 4.74 Å². The van der Waals surface area contributed by atoms with Crippen molar-refractivity contribution in [2.24, 2.45) is 0 Å². The maximum atomic E-state index is 12.5. The molecule has 0 aliphatic rings. The largest absolute Gasteiger partial charge is 0.493 e. The Balaban J connectivity index is 2.55. The van der Waals surface area contributed by atoms with Crippen LogP contribution >= 0.6 is 0 Å². The molecular formula is C10H11FO5S. The van der Waals surface area contributed by atoms with Gasteiger partial charge in [-0.3, -0.25) is 4.79 Å². The second-order valence-electron chi connectivity index (χ2n) is 3.08. The van der Waals surface area contributed by atoms with Gasteiger partial charge in [-0.1, -0.05) is 0 Å². The van der Waals surface area contributed by atoms with Crippen LogP contribution in [0.4, 0.5) is 3.89 Å². The van der Waals surface area contributed by atoms with Crippen molar-refractivity contribution in [3.05, 3.63) is 24.3 Å². The Hall–Kier alpha value is -1.63. The van der Waals surface area contributed by atoms with Crippen LogP contribution in [0.3, 0.4) is 0 Å². The monoisotopic (exact) mass is 262 g/mol. The molecule has 0 bridgehead atoms. The molecule has 0 spiro atoms. The summed E-state index contributed by atoms with van der Waals surface area (Å²) in [6, 6.07) is 4.79. The normalized spacial score (nSPS) is 10.9. The van der Waals surface area contributed by atoms with E-state index in [1.54, 1.807) is 0 Å². The van der Waals surface area contributed by atoms with E-state index in [0.717, 1.165) is 12.1 Å². The summed E-state index contributed by atoms with van der Waals surface area (Å²) in [5.74, 6) is -0.0609. The molecule has 94 valence electrons. The second kappa shape index (κ2) is 5.62. The van der Waals surface area contributed by atoms with Crippen LogP contribution < -0.4 is 4.74 Å². The molecule has 0 aromatic heterocycles. The Bertz CT molecular complexity index is 480. The van der Waals surface area contributed by atoms with E-state index in [9.17, 15) is 17.1 Å². The SMILES string of the molecule is COC(=O)CCOc1ccc(S(=O)(=O)F)cc1. The molecule has 17 heavy (non-hydrogen) atoms. The van der Waals surface area contributed by atoms with Crippen LogP contribution in [0.2, 0.25) is 0 Å². The number of rotatable bonds is 5.